The molecule has 0 unspecified atom stereocenters. The molecule has 0 radical (unpaired) electrons. The van der Waals surface area contributed by atoms with Crippen molar-refractivity contribution in [3.05, 3.63) is 29.0 Å². The highest BCUT2D eigenvalue weighted by Gasteiger charge is 2.12. The Morgan fingerprint density at radius 3 is 2.94 bits per heavy atom. The van der Waals surface area contributed by atoms with Crippen LogP contribution < -0.4 is 0 Å². The van der Waals surface area contributed by atoms with Gasteiger partial charge in [0.1, 0.15) is 0 Å². The topological polar surface area (TPSA) is 45.8 Å². The Balaban J connectivity index is 2.36. The number of nitrogens with one attached hydrogen (secondary N) is 1. The fraction of sp³-hybridized carbons (Fsp3) is 0.333. The van der Waals surface area contributed by atoms with E-state index in [9.17, 15) is 4.79 Å². The van der Waals surface area contributed by atoms with Gasteiger partial charge in [0.2, 0.25) is 0 Å². The lowest BCUT2D eigenvalue weighted by atomic mass is 10.1. The number of carbonyl (C=O) groups excluding carboxylic acids is 1. The second-order valence-electron chi connectivity index (χ2n) is 4.27. The van der Waals surface area contributed by atoms with Crippen LogP contribution in [0.1, 0.15) is 30.9 Å². The van der Waals surface area contributed by atoms with E-state index in [2.05, 4.69) is 9.97 Å². The number of halogens is 1. The first-order valence-corrected chi connectivity index (χ1v) is 5.62. The molecule has 0 aliphatic heterocycles. The quantitative estimate of drug-likeness (QED) is 0.830. The van der Waals surface area contributed by atoms with Gasteiger partial charge in [-0.25, -0.2) is 4.98 Å². The lowest BCUT2D eigenvalue weighted by Crippen LogP contribution is -2.05. The van der Waals surface area contributed by atoms with Crippen LogP contribution in [0, 0.1) is 5.92 Å². The Hall–Kier alpha value is -1.35. The fourth-order valence-corrected chi connectivity index (χ4v) is 1.75. The van der Waals surface area contributed by atoms with Crippen molar-refractivity contribution in [1.29, 1.82) is 0 Å². The largest absolute Gasteiger partial charge is 0.335 e. The minimum atomic E-state index is 0.0438. The molecule has 1 aromatic heterocycles. The van der Waals surface area contributed by atoms with Gasteiger partial charge in [-0.1, -0.05) is 25.4 Å². The highest BCUT2D eigenvalue weighted by Crippen LogP contribution is 2.18. The van der Waals surface area contributed by atoms with E-state index in [1.807, 2.05) is 13.8 Å². The van der Waals surface area contributed by atoms with Gasteiger partial charge < -0.3 is 4.98 Å². The summed E-state index contributed by atoms with van der Waals surface area (Å²) in [4.78, 5) is 19.0. The number of hydrogen-bond donors (Lipinski definition) is 1. The number of nitrogens with zero attached hydrogens (tertiary/aromatic N) is 1. The van der Waals surface area contributed by atoms with Crippen LogP contribution in [-0.4, -0.2) is 15.8 Å². The number of Topliss-reactive ketones (excluding diaryl/α,β-unsaturated/α-hetero) is 1. The first kappa shape index (κ1) is 11.1. The van der Waals surface area contributed by atoms with E-state index >= 15 is 0 Å². The van der Waals surface area contributed by atoms with Crippen LogP contribution in [0.4, 0.5) is 0 Å². The Labute approximate surface area is 98.8 Å². The maximum atomic E-state index is 11.8. The van der Waals surface area contributed by atoms with Gasteiger partial charge in [-0.15, -0.1) is 0 Å². The van der Waals surface area contributed by atoms with Crippen molar-refractivity contribution in [2.75, 3.05) is 0 Å². The zero-order valence-corrected chi connectivity index (χ0v) is 10.0. The first-order chi connectivity index (χ1) is 7.56. The number of ketones is 1. The molecular weight excluding hydrogens is 224 g/mol. The van der Waals surface area contributed by atoms with Crippen LogP contribution in [0.25, 0.3) is 11.0 Å². The molecule has 0 fully saturated rings. The number of rotatable bonds is 3. The summed E-state index contributed by atoms with van der Waals surface area (Å²) in [6.07, 6.45) is 0.507. The van der Waals surface area contributed by atoms with E-state index in [1.54, 1.807) is 18.2 Å². The predicted molar refractivity (Wildman–Crippen MR) is 64.9 cm³/mol. The summed E-state index contributed by atoms with van der Waals surface area (Å²) in [6.45, 7) is 4.02. The van der Waals surface area contributed by atoms with Gasteiger partial charge >= 0.3 is 0 Å². The maximum absolute atomic E-state index is 11.8. The van der Waals surface area contributed by atoms with Crippen molar-refractivity contribution in [2.45, 2.75) is 20.3 Å². The average molecular weight is 237 g/mol. The van der Waals surface area contributed by atoms with Crippen LogP contribution in [-0.2, 0) is 0 Å². The van der Waals surface area contributed by atoms with Crippen LogP contribution >= 0.6 is 11.6 Å². The van der Waals surface area contributed by atoms with Crippen LogP contribution in [0.3, 0.4) is 0 Å². The molecule has 1 heterocycles. The second kappa shape index (κ2) is 4.26. The molecule has 1 N–H and O–H groups in total. The molecule has 0 spiro atoms. The molecule has 3 nitrogen and oxygen atoms in total. The van der Waals surface area contributed by atoms with Crippen molar-refractivity contribution in [1.82, 2.24) is 9.97 Å². The number of H-pyrrole nitrogens is 1. The molecule has 0 bridgehead atoms. The molecule has 0 aliphatic carbocycles. The highest BCUT2D eigenvalue weighted by molar-refractivity contribution is 6.31. The molecule has 16 heavy (non-hydrogen) atoms. The van der Waals surface area contributed by atoms with E-state index < -0.39 is 0 Å². The normalized spacial score (nSPS) is 11.2. The summed E-state index contributed by atoms with van der Waals surface area (Å²) in [7, 11) is 0. The zero-order chi connectivity index (χ0) is 11.7. The summed E-state index contributed by atoms with van der Waals surface area (Å²) >= 11 is 5.86. The van der Waals surface area contributed by atoms with E-state index in [0.29, 0.717) is 23.2 Å². The third kappa shape index (κ3) is 2.25. The third-order valence-corrected chi connectivity index (χ3v) is 2.54. The number of aromatic nitrogens is 2. The Morgan fingerprint density at radius 1 is 1.50 bits per heavy atom. The SMILES string of the molecule is CC(C)CC(=O)c1nc2ccc(Cl)cc2[nH]1. The summed E-state index contributed by atoms with van der Waals surface area (Å²) in [5.74, 6) is 0.803. The molecule has 1 aromatic carbocycles. The molecule has 2 rings (SSSR count). The Kier molecular flexibility index (Phi) is 2.97. The monoisotopic (exact) mass is 236 g/mol. The molecule has 0 atom stereocenters. The smallest absolute Gasteiger partial charge is 0.198 e. The standard InChI is InChI=1S/C12H13ClN2O/c1-7(2)5-11(16)12-14-9-4-3-8(13)6-10(9)15-12/h3-4,6-7H,5H2,1-2H3,(H,14,15). The summed E-state index contributed by atoms with van der Waals surface area (Å²) in [6, 6.07) is 5.35. The molecule has 4 heteroatoms. The van der Waals surface area contributed by atoms with Gasteiger partial charge in [-0.05, 0) is 24.1 Å². The predicted octanol–water partition coefficient (Wildman–Crippen LogP) is 3.45. The van der Waals surface area contributed by atoms with Crippen molar-refractivity contribution >= 4 is 28.4 Å². The van der Waals surface area contributed by atoms with E-state index in [-0.39, 0.29) is 5.78 Å². The van der Waals surface area contributed by atoms with Crippen molar-refractivity contribution in [3.8, 4) is 0 Å². The summed E-state index contributed by atoms with van der Waals surface area (Å²) in [5.41, 5.74) is 1.58. The zero-order valence-electron chi connectivity index (χ0n) is 9.25. The number of benzene rings is 1. The summed E-state index contributed by atoms with van der Waals surface area (Å²) in [5, 5.41) is 0.638. The number of fused-ring (bicyclic) bond motifs is 1. The minimum absolute atomic E-state index is 0.0438. The number of imidazole rings is 1. The molecule has 0 aliphatic rings. The lowest BCUT2D eigenvalue weighted by molar-refractivity contribution is 0.0959. The Bertz CT molecular complexity index is 531. The number of hydrogen-bond acceptors (Lipinski definition) is 2. The maximum Gasteiger partial charge on any atom is 0.198 e. The van der Waals surface area contributed by atoms with Gasteiger partial charge in [0.15, 0.2) is 11.6 Å². The molecular formula is C12H13ClN2O. The fourth-order valence-electron chi connectivity index (χ4n) is 1.58. The van der Waals surface area contributed by atoms with Crippen LogP contribution in [0.2, 0.25) is 5.02 Å². The summed E-state index contributed by atoms with van der Waals surface area (Å²) < 4.78 is 0. The van der Waals surface area contributed by atoms with Crippen molar-refractivity contribution in [3.63, 3.8) is 0 Å². The van der Waals surface area contributed by atoms with Crippen molar-refractivity contribution in [2.24, 2.45) is 5.92 Å². The number of aromatic amines is 1. The van der Waals surface area contributed by atoms with Crippen molar-refractivity contribution < 1.29 is 4.79 Å². The van der Waals surface area contributed by atoms with Gasteiger partial charge in [0.25, 0.3) is 0 Å². The van der Waals surface area contributed by atoms with E-state index in [1.165, 1.54) is 0 Å². The highest BCUT2D eigenvalue weighted by atomic mass is 35.5. The van der Waals surface area contributed by atoms with Gasteiger partial charge in [0, 0.05) is 11.4 Å². The minimum Gasteiger partial charge on any atom is -0.335 e. The molecule has 0 saturated carbocycles. The first-order valence-electron chi connectivity index (χ1n) is 5.24. The molecule has 0 saturated heterocycles. The number of carbonyl (C=O) groups is 1. The van der Waals surface area contributed by atoms with E-state index in [0.717, 1.165) is 11.0 Å². The second-order valence-corrected chi connectivity index (χ2v) is 4.70. The molecule has 2 aromatic rings. The molecule has 0 amide bonds. The lowest BCUT2D eigenvalue weighted by Gasteiger charge is -1.99. The van der Waals surface area contributed by atoms with E-state index in [4.69, 9.17) is 11.6 Å². The molecule has 84 valence electrons. The third-order valence-electron chi connectivity index (χ3n) is 2.30. The average Bonchev–Trinajstić information content (AvgIpc) is 2.59. The van der Waals surface area contributed by atoms with Gasteiger partial charge in [-0.3, -0.25) is 4.79 Å². The van der Waals surface area contributed by atoms with Gasteiger partial charge in [0.05, 0.1) is 11.0 Å². The van der Waals surface area contributed by atoms with Crippen LogP contribution in [0.5, 0.6) is 0 Å². The van der Waals surface area contributed by atoms with Gasteiger partial charge in [-0.2, -0.15) is 0 Å². The Morgan fingerprint density at radius 2 is 2.25 bits per heavy atom. The van der Waals surface area contributed by atoms with Crippen LogP contribution in [0.15, 0.2) is 18.2 Å².